The second kappa shape index (κ2) is 9.68. The highest BCUT2D eigenvalue weighted by molar-refractivity contribution is 7.99. The van der Waals surface area contributed by atoms with Gasteiger partial charge in [0.25, 0.3) is 5.91 Å². The van der Waals surface area contributed by atoms with Crippen LogP contribution in [0.25, 0.3) is 0 Å². The molecule has 3 aromatic rings. The van der Waals surface area contributed by atoms with Gasteiger partial charge >= 0.3 is 0 Å². The van der Waals surface area contributed by atoms with Crippen LogP contribution in [0, 0.1) is 0 Å². The number of carbonyl (C=O) groups excluding carboxylic acids is 1. The molecule has 1 aliphatic heterocycles. The molecule has 1 N–H and O–H groups in total. The van der Waals surface area contributed by atoms with Crippen LogP contribution in [0.15, 0.2) is 88.7 Å². The third-order valence-corrected chi connectivity index (χ3v) is 8.06. The van der Waals surface area contributed by atoms with E-state index >= 15 is 0 Å². The summed E-state index contributed by atoms with van der Waals surface area (Å²) in [4.78, 5) is 14.8. The number of sulfonamides is 1. The zero-order valence-electron chi connectivity index (χ0n) is 17.0. The van der Waals surface area contributed by atoms with Crippen LogP contribution in [0.2, 0.25) is 0 Å². The molecule has 0 radical (unpaired) electrons. The van der Waals surface area contributed by atoms with Crippen LogP contribution in [0.1, 0.15) is 28.8 Å². The molecule has 0 unspecified atom stereocenters. The fourth-order valence-electron chi connectivity index (χ4n) is 3.49. The van der Waals surface area contributed by atoms with Crippen molar-refractivity contribution in [1.29, 1.82) is 0 Å². The molecular weight excluding hydrogens is 428 g/mol. The van der Waals surface area contributed by atoms with Crippen molar-refractivity contribution < 1.29 is 13.2 Å². The van der Waals surface area contributed by atoms with Gasteiger partial charge in [-0.1, -0.05) is 54.2 Å². The summed E-state index contributed by atoms with van der Waals surface area (Å²) in [6.07, 6.45) is 1.84. The van der Waals surface area contributed by atoms with E-state index in [1.807, 2.05) is 54.6 Å². The standard InChI is InChI=1S/C24H24N2O3S2/c27-24(25-22-10-4-5-11-23(22)30-21-8-2-1-3-9-21)20-14-12-19(13-15-20)18-31(28,29)26-16-6-7-17-26/h1-5,8-15H,6-7,16-18H2,(H,25,27). The molecule has 1 fully saturated rings. The average molecular weight is 453 g/mol. The number of carbonyl (C=O) groups is 1. The molecule has 7 heteroatoms. The van der Waals surface area contributed by atoms with Gasteiger partial charge in [-0.25, -0.2) is 12.7 Å². The van der Waals surface area contributed by atoms with Crippen LogP contribution < -0.4 is 5.32 Å². The maximum absolute atomic E-state index is 12.8. The molecule has 3 aromatic carbocycles. The van der Waals surface area contributed by atoms with Gasteiger partial charge in [-0.15, -0.1) is 0 Å². The van der Waals surface area contributed by atoms with E-state index in [4.69, 9.17) is 0 Å². The predicted octanol–water partition coefficient (Wildman–Crippen LogP) is 5.02. The number of hydrogen-bond donors (Lipinski definition) is 1. The summed E-state index contributed by atoms with van der Waals surface area (Å²) in [6, 6.07) is 24.4. The molecule has 160 valence electrons. The zero-order valence-corrected chi connectivity index (χ0v) is 18.7. The predicted molar refractivity (Wildman–Crippen MR) is 125 cm³/mol. The summed E-state index contributed by atoms with van der Waals surface area (Å²) >= 11 is 1.59. The lowest BCUT2D eigenvalue weighted by Crippen LogP contribution is -2.29. The Morgan fingerprint density at radius 2 is 1.52 bits per heavy atom. The Labute approximate surface area is 187 Å². The first-order valence-electron chi connectivity index (χ1n) is 10.2. The maximum Gasteiger partial charge on any atom is 0.255 e. The van der Waals surface area contributed by atoms with E-state index in [2.05, 4.69) is 5.32 Å². The van der Waals surface area contributed by atoms with Crippen LogP contribution >= 0.6 is 11.8 Å². The van der Waals surface area contributed by atoms with Gasteiger partial charge in [0.1, 0.15) is 0 Å². The van der Waals surface area contributed by atoms with Gasteiger partial charge in [0, 0.05) is 28.4 Å². The lowest BCUT2D eigenvalue weighted by atomic mass is 10.1. The number of nitrogens with zero attached hydrogens (tertiary/aromatic N) is 1. The van der Waals surface area contributed by atoms with E-state index in [-0.39, 0.29) is 11.7 Å². The van der Waals surface area contributed by atoms with Crippen molar-refractivity contribution in [3.63, 3.8) is 0 Å². The summed E-state index contributed by atoms with van der Waals surface area (Å²) < 4.78 is 26.5. The van der Waals surface area contributed by atoms with Crippen molar-refractivity contribution in [2.45, 2.75) is 28.4 Å². The van der Waals surface area contributed by atoms with E-state index in [1.54, 1.807) is 40.3 Å². The highest BCUT2D eigenvalue weighted by Crippen LogP contribution is 2.33. The Bertz CT molecular complexity index is 1140. The van der Waals surface area contributed by atoms with Crippen LogP contribution in [-0.4, -0.2) is 31.7 Å². The van der Waals surface area contributed by atoms with Crippen LogP contribution in [0.3, 0.4) is 0 Å². The highest BCUT2D eigenvalue weighted by atomic mass is 32.2. The molecule has 1 amide bonds. The van der Waals surface area contributed by atoms with Crippen molar-refractivity contribution in [1.82, 2.24) is 4.31 Å². The van der Waals surface area contributed by atoms with Crippen LogP contribution in [0.5, 0.6) is 0 Å². The summed E-state index contributed by atoms with van der Waals surface area (Å²) in [5, 5.41) is 2.97. The number of amides is 1. The first-order chi connectivity index (χ1) is 15.0. The molecule has 4 rings (SSSR count). The van der Waals surface area contributed by atoms with E-state index in [0.717, 1.165) is 28.3 Å². The van der Waals surface area contributed by atoms with Crippen LogP contribution in [0.4, 0.5) is 5.69 Å². The fourth-order valence-corrected chi connectivity index (χ4v) is 6.02. The number of hydrogen-bond acceptors (Lipinski definition) is 4. The summed E-state index contributed by atoms with van der Waals surface area (Å²) in [5.41, 5.74) is 1.91. The molecule has 1 aliphatic rings. The number of benzene rings is 3. The zero-order chi connectivity index (χ0) is 21.7. The minimum atomic E-state index is -3.30. The van der Waals surface area contributed by atoms with Gasteiger partial charge in [-0.05, 0) is 54.8 Å². The van der Waals surface area contributed by atoms with Gasteiger partial charge in [0.05, 0.1) is 11.4 Å². The number of nitrogens with one attached hydrogen (secondary N) is 1. The summed E-state index contributed by atoms with van der Waals surface area (Å²) in [6.45, 7) is 1.20. The SMILES string of the molecule is O=C(Nc1ccccc1Sc1ccccc1)c1ccc(CS(=O)(=O)N2CCCC2)cc1. The number of para-hydroxylation sites is 1. The summed E-state index contributed by atoms with van der Waals surface area (Å²) in [5.74, 6) is -0.263. The Morgan fingerprint density at radius 1 is 0.871 bits per heavy atom. The third-order valence-electron chi connectivity index (χ3n) is 5.13. The van der Waals surface area contributed by atoms with Crippen molar-refractivity contribution in [3.8, 4) is 0 Å². The highest BCUT2D eigenvalue weighted by Gasteiger charge is 2.25. The third kappa shape index (κ3) is 5.55. The van der Waals surface area contributed by atoms with Crippen molar-refractivity contribution >= 4 is 33.4 Å². The van der Waals surface area contributed by atoms with E-state index < -0.39 is 10.0 Å². The smallest absolute Gasteiger partial charge is 0.255 e. The molecular formula is C24H24N2O3S2. The van der Waals surface area contributed by atoms with Crippen molar-refractivity contribution in [3.05, 3.63) is 90.0 Å². The van der Waals surface area contributed by atoms with Crippen LogP contribution in [-0.2, 0) is 15.8 Å². The molecule has 1 heterocycles. The topological polar surface area (TPSA) is 66.5 Å². The molecule has 1 saturated heterocycles. The van der Waals surface area contributed by atoms with Gasteiger partial charge < -0.3 is 5.32 Å². The minimum absolute atomic E-state index is 0.0363. The Kier molecular flexibility index (Phi) is 6.75. The average Bonchev–Trinajstić information content (AvgIpc) is 3.32. The van der Waals surface area contributed by atoms with Gasteiger partial charge in [-0.2, -0.15) is 0 Å². The molecule has 31 heavy (non-hydrogen) atoms. The van der Waals surface area contributed by atoms with Crippen molar-refractivity contribution in [2.24, 2.45) is 0 Å². The fraction of sp³-hybridized carbons (Fsp3) is 0.208. The van der Waals surface area contributed by atoms with E-state index in [9.17, 15) is 13.2 Å². The quantitative estimate of drug-likeness (QED) is 0.547. The molecule has 5 nitrogen and oxygen atoms in total. The minimum Gasteiger partial charge on any atom is -0.321 e. The first kappa shape index (κ1) is 21.6. The Morgan fingerprint density at radius 3 is 2.23 bits per heavy atom. The molecule has 0 bridgehead atoms. The second-order valence-corrected chi connectivity index (χ2v) is 10.5. The molecule has 0 atom stereocenters. The van der Waals surface area contributed by atoms with E-state index in [1.165, 1.54) is 0 Å². The molecule has 0 aromatic heterocycles. The summed E-state index contributed by atoms with van der Waals surface area (Å²) in [7, 11) is -3.30. The lowest BCUT2D eigenvalue weighted by Gasteiger charge is -2.15. The van der Waals surface area contributed by atoms with E-state index in [0.29, 0.717) is 24.2 Å². The van der Waals surface area contributed by atoms with Gasteiger partial charge in [0.2, 0.25) is 10.0 Å². The Hall–Kier alpha value is -2.61. The number of rotatable bonds is 7. The molecule has 0 saturated carbocycles. The second-order valence-electron chi connectivity index (χ2n) is 7.42. The number of anilines is 1. The maximum atomic E-state index is 12.8. The van der Waals surface area contributed by atoms with Crippen molar-refractivity contribution in [2.75, 3.05) is 18.4 Å². The van der Waals surface area contributed by atoms with Gasteiger partial charge in [0.15, 0.2) is 0 Å². The largest absolute Gasteiger partial charge is 0.321 e. The normalized spacial score (nSPS) is 14.5. The molecule has 0 spiro atoms. The van der Waals surface area contributed by atoms with Gasteiger partial charge in [-0.3, -0.25) is 4.79 Å². The monoisotopic (exact) mass is 452 g/mol. The molecule has 0 aliphatic carbocycles. The Balaban J connectivity index is 1.44. The lowest BCUT2D eigenvalue weighted by molar-refractivity contribution is 0.102. The first-order valence-corrected chi connectivity index (χ1v) is 12.6.